The van der Waals surface area contributed by atoms with E-state index in [1.165, 1.54) is 5.56 Å². The standard InChI is InChI=1S/C17H18N6O2/c1-10-18-15(21-22(10)3)17(24)23-9-13-7-5-4-6-12(13)8-14(23)16-20-19-11(2)25-16/h4-7,14H,8-9H2,1-3H3. The summed E-state index contributed by atoms with van der Waals surface area (Å²) in [5.41, 5.74) is 2.29. The molecule has 1 aliphatic heterocycles. The van der Waals surface area contributed by atoms with Crippen molar-refractivity contribution in [1.29, 1.82) is 0 Å². The molecule has 1 unspecified atom stereocenters. The highest BCUT2D eigenvalue weighted by Crippen LogP contribution is 2.33. The molecule has 0 bridgehead atoms. The summed E-state index contributed by atoms with van der Waals surface area (Å²) in [5.74, 6) is 1.55. The Hall–Kier alpha value is -3.03. The summed E-state index contributed by atoms with van der Waals surface area (Å²) < 4.78 is 7.22. The van der Waals surface area contributed by atoms with Crippen molar-refractivity contribution < 1.29 is 9.21 Å². The Kier molecular flexibility index (Phi) is 3.60. The maximum Gasteiger partial charge on any atom is 0.294 e. The van der Waals surface area contributed by atoms with E-state index in [-0.39, 0.29) is 17.8 Å². The Morgan fingerprint density at radius 1 is 1.20 bits per heavy atom. The number of hydrogen-bond donors (Lipinski definition) is 0. The first kappa shape index (κ1) is 15.5. The smallest absolute Gasteiger partial charge is 0.294 e. The summed E-state index contributed by atoms with van der Waals surface area (Å²) in [4.78, 5) is 19.0. The molecule has 1 aliphatic rings. The van der Waals surface area contributed by atoms with Crippen molar-refractivity contribution in [2.24, 2.45) is 7.05 Å². The third-order valence-electron chi connectivity index (χ3n) is 4.51. The molecule has 0 saturated heterocycles. The summed E-state index contributed by atoms with van der Waals surface area (Å²) in [7, 11) is 1.77. The number of carbonyl (C=O) groups is 1. The van der Waals surface area contributed by atoms with Crippen molar-refractivity contribution in [3.05, 3.63) is 58.8 Å². The van der Waals surface area contributed by atoms with E-state index in [0.29, 0.717) is 30.6 Å². The highest BCUT2D eigenvalue weighted by Gasteiger charge is 2.36. The van der Waals surface area contributed by atoms with Gasteiger partial charge in [-0.05, 0) is 18.1 Å². The maximum absolute atomic E-state index is 13.1. The van der Waals surface area contributed by atoms with E-state index >= 15 is 0 Å². The molecular weight excluding hydrogens is 320 g/mol. The van der Waals surface area contributed by atoms with Crippen molar-refractivity contribution in [3.63, 3.8) is 0 Å². The van der Waals surface area contributed by atoms with E-state index in [2.05, 4.69) is 26.3 Å². The highest BCUT2D eigenvalue weighted by atomic mass is 16.4. The molecule has 0 radical (unpaired) electrons. The molecule has 3 aromatic rings. The fourth-order valence-electron chi connectivity index (χ4n) is 3.09. The highest BCUT2D eigenvalue weighted by molar-refractivity contribution is 5.90. The second-order valence-electron chi connectivity index (χ2n) is 6.19. The van der Waals surface area contributed by atoms with Gasteiger partial charge in [-0.2, -0.15) is 0 Å². The number of fused-ring (bicyclic) bond motifs is 1. The molecule has 0 N–H and O–H groups in total. The fraction of sp³-hybridized carbons (Fsp3) is 0.353. The van der Waals surface area contributed by atoms with Crippen LogP contribution < -0.4 is 0 Å². The summed E-state index contributed by atoms with van der Waals surface area (Å²) in [6, 6.07) is 7.74. The molecule has 0 spiro atoms. The number of aromatic nitrogens is 5. The Labute approximate surface area is 144 Å². The lowest BCUT2D eigenvalue weighted by Gasteiger charge is -2.34. The first-order valence-corrected chi connectivity index (χ1v) is 8.08. The Bertz CT molecular complexity index is 925. The minimum absolute atomic E-state index is 0.181. The minimum Gasteiger partial charge on any atom is -0.423 e. The van der Waals surface area contributed by atoms with Crippen molar-refractivity contribution in [1.82, 2.24) is 29.9 Å². The number of rotatable bonds is 2. The van der Waals surface area contributed by atoms with E-state index in [1.54, 1.807) is 23.6 Å². The molecular formula is C17H18N6O2. The number of aryl methyl sites for hydroxylation is 3. The first-order valence-electron chi connectivity index (χ1n) is 8.08. The van der Waals surface area contributed by atoms with Gasteiger partial charge in [0.2, 0.25) is 17.6 Å². The predicted molar refractivity (Wildman–Crippen MR) is 87.5 cm³/mol. The van der Waals surface area contributed by atoms with Gasteiger partial charge >= 0.3 is 0 Å². The van der Waals surface area contributed by atoms with Gasteiger partial charge < -0.3 is 9.32 Å². The number of nitrogens with zero attached hydrogens (tertiary/aromatic N) is 6. The molecule has 3 heterocycles. The zero-order valence-electron chi connectivity index (χ0n) is 14.3. The Morgan fingerprint density at radius 2 is 1.96 bits per heavy atom. The van der Waals surface area contributed by atoms with Crippen molar-refractivity contribution in [2.75, 3.05) is 0 Å². The molecule has 2 aromatic heterocycles. The largest absolute Gasteiger partial charge is 0.423 e. The molecule has 1 atom stereocenters. The van der Waals surface area contributed by atoms with Gasteiger partial charge in [0.15, 0.2) is 0 Å². The lowest BCUT2D eigenvalue weighted by Crippen LogP contribution is -2.39. The van der Waals surface area contributed by atoms with Crippen LogP contribution in [0.4, 0.5) is 0 Å². The third-order valence-corrected chi connectivity index (χ3v) is 4.51. The van der Waals surface area contributed by atoms with Gasteiger partial charge in [0.05, 0.1) is 0 Å². The number of carbonyl (C=O) groups excluding carboxylic acids is 1. The Balaban J connectivity index is 1.75. The summed E-state index contributed by atoms with van der Waals surface area (Å²) in [5, 5.41) is 12.3. The molecule has 25 heavy (non-hydrogen) atoms. The zero-order chi connectivity index (χ0) is 17.6. The molecule has 8 nitrogen and oxygen atoms in total. The monoisotopic (exact) mass is 338 g/mol. The van der Waals surface area contributed by atoms with E-state index in [4.69, 9.17) is 4.42 Å². The number of hydrogen-bond acceptors (Lipinski definition) is 6. The van der Waals surface area contributed by atoms with Crippen LogP contribution in [0.3, 0.4) is 0 Å². The second kappa shape index (κ2) is 5.80. The topological polar surface area (TPSA) is 89.9 Å². The lowest BCUT2D eigenvalue weighted by atomic mass is 9.93. The molecule has 1 amide bonds. The van der Waals surface area contributed by atoms with E-state index < -0.39 is 0 Å². The third kappa shape index (κ3) is 2.69. The van der Waals surface area contributed by atoms with Crippen molar-refractivity contribution >= 4 is 5.91 Å². The molecule has 128 valence electrons. The van der Waals surface area contributed by atoms with Crippen LogP contribution in [0.5, 0.6) is 0 Å². The van der Waals surface area contributed by atoms with Crippen molar-refractivity contribution in [3.8, 4) is 0 Å². The zero-order valence-corrected chi connectivity index (χ0v) is 14.3. The molecule has 0 fully saturated rings. The van der Waals surface area contributed by atoms with Crippen LogP contribution in [0.2, 0.25) is 0 Å². The fourth-order valence-corrected chi connectivity index (χ4v) is 3.09. The predicted octanol–water partition coefficient (Wildman–Crippen LogP) is 1.75. The van der Waals surface area contributed by atoms with E-state index in [0.717, 1.165) is 5.56 Å². The average molecular weight is 338 g/mol. The molecule has 0 saturated carbocycles. The van der Waals surface area contributed by atoms with Crippen LogP contribution in [0.15, 0.2) is 28.7 Å². The summed E-state index contributed by atoms with van der Waals surface area (Å²) >= 11 is 0. The van der Waals surface area contributed by atoms with Crippen LogP contribution in [-0.4, -0.2) is 35.8 Å². The van der Waals surface area contributed by atoms with Gasteiger partial charge in [0.1, 0.15) is 11.9 Å². The maximum atomic E-state index is 13.1. The molecule has 0 aliphatic carbocycles. The van der Waals surface area contributed by atoms with Crippen molar-refractivity contribution in [2.45, 2.75) is 32.9 Å². The van der Waals surface area contributed by atoms with Gasteiger partial charge in [0, 0.05) is 26.9 Å². The van der Waals surface area contributed by atoms with Crippen LogP contribution >= 0.6 is 0 Å². The van der Waals surface area contributed by atoms with E-state index in [9.17, 15) is 4.79 Å². The van der Waals surface area contributed by atoms with Crippen LogP contribution in [0, 0.1) is 13.8 Å². The number of benzene rings is 1. The quantitative estimate of drug-likeness (QED) is 0.707. The van der Waals surface area contributed by atoms with Gasteiger partial charge in [-0.1, -0.05) is 24.3 Å². The first-order chi connectivity index (χ1) is 12.0. The summed E-state index contributed by atoms with van der Waals surface area (Å²) in [6.45, 7) is 4.01. The van der Waals surface area contributed by atoms with Crippen LogP contribution in [-0.2, 0) is 20.0 Å². The van der Waals surface area contributed by atoms with Crippen LogP contribution in [0.25, 0.3) is 0 Å². The molecule has 8 heteroatoms. The average Bonchev–Trinajstić information content (AvgIpc) is 3.19. The minimum atomic E-state index is -0.326. The van der Waals surface area contributed by atoms with Gasteiger partial charge in [-0.3, -0.25) is 9.48 Å². The summed E-state index contributed by atoms with van der Waals surface area (Å²) in [6.07, 6.45) is 0.620. The lowest BCUT2D eigenvalue weighted by molar-refractivity contribution is 0.0589. The second-order valence-corrected chi connectivity index (χ2v) is 6.19. The van der Waals surface area contributed by atoms with Gasteiger partial charge in [0.25, 0.3) is 5.91 Å². The van der Waals surface area contributed by atoms with Gasteiger partial charge in [-0.25, -0.2) is 4.98 Å². The van der Waals surface area contributed by atoms with Crippen LogP contribution in [0.1, 0.15) is 45.4 Å². The molecule has 4 rings (SSSR count). The molecule has 1 aromatic carbocycles. The normalized spacial score (nSPS) is 16.8. The SMILES string of the molecule is Cc1nnc(C2Cc3ccccc3CN2C(=O)c2nc(C)n(C)n2)o1. The van der Waals surface area contributed by atoms with Gasteiger partial charge in [-0.15, -0.1) is 15.3 Å². The van der Waals surface area contributed by atoms with E-state index in [1.807, 2.05) is 25.1 Å². The number of amides is 1. The Morgan fingerprint density at radius 3 is 2.60 bits per heavy atom.